The number of hydrogen-bond donors (Lipinski definition) is 0. The third-order valence-corrected chi connectivity index (χ3v) is 2.57. The summed E-state index contributed by atoms with van der Waals surface area (Å²) in [4.78, 5) is 25.2. The molecule has 0 amide bonds. The molecule has 0 aromatic heterocycles. The summed E-state index contributed by atoms with van der Waals surface area (Å²) in [5.74, 6) is -0.450. The van der Waals surface area contributed by atoms with Crippen molar-refractivity contribution in [3.63, 3.8) is 0 Å². The highest BCUT2D eigenvalue weighted by atomic mass is 16.5. The summed E-state index contributed by atoms with van der Waals surface area (Å²) in [6, 6.07) is 8.47. The number of likely N-dealkylation sites (N-methyl/N-ethyl adjacent to an activating group) is 1. The number of esters is 1. The number of nitrogens with zero attached hydrogens (tertiary/aromatic N) is 1. The fourth-order valence-electron chi connectivity index (χ4n) is 1.55. The molecule has 0 aliphatic heterocycles. The first kappa shape index (κ1) is 13.4. The van der Waals surface area contributed by atoms with E-state index >= 15 is 0 Å². The molecule has 0 saturated heterocycles. The van der Waals surface area contributed by atoms with Crippen molar-refractivity contribution >= 4 is 11.8 Å². The summed E-state index contributed by atoms with van der Waals surface area (Å²) < 4.78 is 4.60. The van der Waals surface area contributed by atoms with Crippen molar-refractivity contribution in [3.8, 4) is 0 Å². The van der Waals surface area contributed by atoms with E-state index in [0.717, 1.165) is 0 Å². The monoisotopic (exact) mass is 235 g/mol. The van der Waals surface area contributed by atoms with E-state index in [4.69, 9.17) is 0 Å². The van der Waals surface area contributed by atoms with Gasteiger partial charge < -0.3 is 4.74 Å². The van der Waals surface area contributed by atoms with E-state index < -0.39 is 6.04 Å². The topological polar surface area (TPSA) is 46.6 Å². The number of hydrogen-bond acceptors (Lipinski definition) is 4. The molecule has 1 aromatic carbocycles. The zero-order valence-corrected chi connectivity index (χ0v) is 10.3. The van der Waals surface area contributed by atoms with E-state index in [1.54, 1.807) is 43.3 Å². The second-order valence-corrected chi connectivity index (χ2v) is 3.99. The van der Waals surface area contributed by atoms with E-state index in [0.29, 0.717) is 5.56 Å². The number of carbonyl (C=O) groups is 2. The number of ketones is 1. The molecule has 1 atom stereocenters. The maximum Gasteiger partial charge on any atom is 0.307 e. The van der Waals surface area contributed by atoms with Crippen LogP contribution in [0.1, 0.15) is 16.8 Å². The van der Waals surface area contributed by atoms with Crippen LogP contribution in [-0.2, 0) is 9.53 Å². The Hall–Kier alpha value is -1.68. The Kier molecular flexibility index (Phi) is 4.84. The standard InChI is InChI=1S/C13H17NO3/c1-14(2)11(9-12(15)17-3)13(16)10-7-5-4-6-8-10/h4-8,11H,9H2,1-3H3. The van der Waals surface area contributed by atoms with E-state index in [-0.39, 0.29) is 18.2 Å². The van der Waals surface area contributed by atoms with Crippen LogP contribution in [0.2, 0.25) is 0 Å². The molecule has 4 heteroatoms. The summed E-state index contributed by atoms with van der Waals surface area (Å²) in [7, 11) is 4.87. The quantitative estimate of drug-likeness (QED) is 0.571. The smallest absolute Gasteiger partial charge is 0.307 e. The highest BCUT2D eigenvalue weighted by Gasteiger charge is 2.25. The van der Waals surface area contributed by atoms with Gasteiger partial charge in [-0.2, -0.15) is 0 Å². The van der Waals surface area contributed by atoms with Crippen LogP contribution in [0.15, 0.2) is 30.3 Å². The summed E-state index contributed by atoms with van der Waals surface area (Å²) in [5.41, 5.74) is 0.607. The molecule has 1 aromatic rings. The summed E-state index contributed by atoms with van der Waals surface area (Å²) in [5, 5.41) is 0. The maximum absolute atomic E-state index is 12.2. The summed E-state index contributed by atoms with van der Waals surface area (Å²) in [6.45, 7) is 0. The molecular formula is C13H17NO3. The Labute approximate surface area is 101 Å². The fraction of sp³-hybridized carbons (Fsp3) is 0.385. The molecule has 92 valence electrons. The molecule has 0 fully saturated rings. The van der Waals surface area contributed by atoms with Gasteiger partial charge in [0, 0.05) is 5.56 Å². The lowest BCUT2D eigenvalue weighted by Crippen LogP contribution is -2.38. The molecule has 0 N–H and O–H groups in total. The number of Topliss-reactive ketones (excluding diaryl/α,β-unsaturated/α-hetero) is 1. The molecule has 0 bridgehead atoms. The molecule has 0 heterocycles. The van der Waals surface area contributed by atoms with Crippen LogP contribution in [0.4, 0.5) is 0 Å². The van der Waals surface area contributed by atoms with Crippen molar-refractivity contribution < 1.29 is 14.3 Å². The lowest BCUT2D eigenvalue weighted by atomic mass is 10.0. The van der Waals surface area contributed by atoms with Crippen LogP contribution in [0, 0.1) is 0 Å². The van der Waals surface area contributed by atoms with Gasteiger partial charge in [-0.05, 0) is 14.1 Å². The predicted molar refractivity (Wildman–Crippen MR) is 64.9 cm³/mol. The number of carbonyl (C=O) groups excluding carboxylic acids is 2. The predicted octanol–water partition coefficient (Wildman–Crippen LogP) is 1.36. The third-order valence-electron chi connectivity index (χ3n) is 2.57. The second-order valence-electron chi connectivity index (χ2n) is 3.99. The van der Waals surface area contributed by atoms with Crippen molar-refractivity contribution in [2.45, 2.75) is 12.5 Å². The van der Waals surface area contributed by atoms with Crippen molar-refractivity contribution in [3.05, 3.63) is 35.9 Å². The average molecular weight is 235 g/mol. The minimum Gasteiger partial charge on any atom is -0.469 e. The van der Waals surface area contributed by atoms with Crippen molar-refractivity contribution in [1.29, 1.82) is 0 Å². The van der Waals surface area contributed by atoms with Gasteiger partial charge in [0.05, 0.1) is 19.6 Å². The van der Waals surface area contributed by atoms with Gasteiger partial charge in [0.15, 0.2) is 5.78 Å². The van der Waals surface area contributed by atoms with Gasteiger partial charge in [-0.15, -0.1) is 0 Å². The second kappa shape index (κ2) is 6.15. The van der Waals surface area contributed by atoms with Crippen LogP contribution in [0.5, 0.6) is 0 Å². The largest absolute Gasteiger partial charge is 0.469 e. The number of benzene rings is 1. The number of rotatable bonds is 5. The number of ether oxygens (including phenoxy) is 1. The summed E-state index contributed by atoms with van der Waals surface area (Å²) in [6.07, 6.45) is 0.0667. The van der Waals surface area contributed by atoms with Crippen LogP contribution in [-0.4, -0.2) is 43.9 Å². The highest BCUT2D eigenvalue weighted by molar-refractivity contribution is 6.01. The maximum atomic E-state index is 12.2. The Morgan fingerprint density at radius 2 is 1.82 bits per heavy atom. The third kappa shape index (κ3) is 3.67. The van der Waals surface area contributed by atoms with Gasteiger partial charge in [0.1, 0.15) is 0 Å². The molecular weight excluding hydrogens is 218 g/mol. The zero-order chi connectivity index (χ0) is 12.8. The van der Waals surface area contributed by atoms with Crippen molar-refractivity contribution in [2.75, 3.05) is 21.2 Å². The highest BCUT2D eigenvalue weighted by Crippen LogP contribution is 2.10. The lowest BCUT2D eigenvalue weighted by Gasteiger charge is -2.21. The lowest BCUT2D eigenvalue weighted by molar-refractivity contribution is -0.141. The molecule has 0 spiro atoms. The first-order chi connectivity index (χ1) is 8.06. The molecule has 1 rings (SSSR count). The Balaban J connectivity index is 2.85. The molecule has 4 nitrogen and oxygen atoms in total. The van der Waals surface area contributed by atoms with Crippen molar-refractivity contribution in [2.24, 2.45) is 0 Å². The Morgan fingerprint density at radius 1 is 1.24 bits per heavy atom. The number of methoxy groups -OCH3 is 1. The minimum atomic E-state index is -0.482. The van der Waals surface area contributed by atoms with E-state index in [2.05, 4.69) is 4.74 Å². The Bertz CT molecular complexity index is 387. The van der Waals surface area contributed by atoms with Gasteiger partial charge in [-0.25, -0.2) is 0 Å². The normalized spacial score (nSPS) is 12.2. The fourth-order valence-corrected chi connectivity index (χ4v) is 1.55. The summed E-state index contributed by atoms with van der Waals surface area (Å²) >= 11 is 0. The van der Waals surface area contributed by atoms with Gasteiger partial charge in [0.25, 0.3) is 0 Å². The van der Waals surface area contributed by atoms with Gasteiger partial charge in [0.2, 0.25) is 0 Å². The van der Waals surface area contributed by atoms with Crippen LogP contribution < -0.4 is 0 Å². The minimum absolute atomic E-state index is 0.0667. The van der Waals surface area contributed by atoms with Crippen LogP contribution >= 0.6 is 0 Å². The van der Waals surface area contributed by atoms with Crippen LogP contribution in [0.25, 0.3) is 0 Å². The molecule has 0 radical (unpaired) electrons. The molecule has 0 aliphatic rings. The Morgan fingerprint density at radius 3 is 2.29 bits per heavy atom. The van der Waals surface area contributed by atoms with Gasteiger partial charge in [-0.3, -0.25) is 14.5 Å². The van der Waals surface area contributed by atoms with E-state index in [1.807, 2.05) is 6.07 Å². The van der Waals surface area contributed by atoms with Crippen molar-refractivity contribution in [1.82, 2.24) is 4.90 Å². The van der Waals surface area contributed by atoms with E-state index in [1.165, 1.54) is 7.11 Å². The van der Waals surface area contributed by atoms with Crippen LogP contribution in [0.3, 0.4) is 0 Å². The molecule has 0 aliphatic carbocycles. The van der Waals surface area contributed by atoms with Gasteiger partial charge >= 0.3 is 5.97 Å². The first-order valence-corrected chi connectivity index (χ1v) is 5.38. The van der Waals surface area contributed by atoms with E-state index in [9.17, 15) is 9.59 Å². The van der Waals surface area contributed by atoms with Gasteiger partial charge in [-0.1, -0.05) is 30.3 Å². The first-order valence-electron chi connectivity index (χ1n) is 5.38. The molecule has 0 saturated carbocycles. The SMILES string of the molecule is COC(=O)CC(C(=O)c1ccccc1)N(C)C. The average Bonchev–Trinajstić information content (AvgIpc) is 2.35. The molecule has 1 unspecified atom stereocenters. The molecule has 17 heavy (non-hydrogen) atoms. The zero-order valence-electron chi connectivity index (χ0n) is 10.3.